The van der Waals surface area contributed by atoms with Crippen LogP contribution in [0.4, 0.5) is 18.9 Å². The molecule has 2 nitrogen and oxygen atoms in total. The number of hydrogen-bond donors (Lipinski definition) is 1. The molecule has 0 spiro atoms. The minimum atomic E-state index is -4.30. The molecule has 0 fully saturated rings. The maximum absolute atomic E-state index is 12.6. The highest BCUT2D eigenvalue weighted by Gasteiger charge is 2.31. The molecule has 1 aliphatic rings. The Balaban J connectivity index is 1.80. The van der Waals surface area contributed by atoms with Crippen LogP contribution in [0.25, 0.3) is 0 Å². The number of para-hydroxylation sites is 1. The number of aliphatic hydroxyl groups is 1. The first kappa shape index (κ1) is 14.9. The third kappa shape index (κ3) is 2.81. The van der Waals surface area contributed by atoms with E-state index in [2.05, 4.69) is 0 Å². The highest BCUT2D eigenvalue weighted by Crippen LogP contribution is 2.38. The SMILES string of the molecule is OCN1CC(Cc2ccc(C(F)(F)F)cc2)c2ccccc21. The predicted octanol–water partition coefficient (Wildman–Crippen LogP) is 3.80. The van der Waals surface area contributed by atoms with E-state index < -0.39 is 11.7 Å². The normalized spacial score (nSPS) is 17.6. The Morgan fingerprint density at radius 3 is 2.36 bits per heavy atom. The number of benzene rings is 2. The molecule has 22 heavy (non-hydrogen) atoms. The van der Waals surface area contributed by atoms with Crippen molar-refractivity contribution < 1.29 is 18.3 Å². The summed E-state index contributed by atoms with van der Waals surface area (Å²) in [5.74, 6) is 0.181. The van der Waals surface area contributed by atoms with Crippen LogP contribution in [0.5, 0.6) is 0 Å². The number of alkyl halides is 3. The van der Waals surface area contributed by atoms with E-state index in [0.717, 1.165) is 28.9 Å². The van der Waals surface area contributed by atoms with Gasteiger partial charge in [-0.2, -0.15) is 13.2 Å². The van der Waals surface area contributed by atoms with Gasteiger partial charge in [0.2, 0.25) is 0 Å². The van der Waals surface area contributed by atoms with Gasteiger partial charge in [0.1, 0.15) is 6.73 Å². The number of fused-ring (bicyclic) bond motifs is 1. The second-order valence-corrected chi connectivity index (χ2v) is 5.52. The smallest absolute Gasteiger partial charge is 0.376 e. The van der Waals surface area contributed by atoms with E-state index in [-0.39, 0.29) is 12.6 Å². The molecule has 1 N–H and O–H groups in total. The van der Waals surface area contributed by atoms with Crippen molar-refractivity contribution in [1.82, 2.24) is 0 Å². The fourth-order valence-corrected chi connectivity index (χ4v) is 3.01. The molecule has 2 aromatic carbocycles. The van der Waals surface area contributed by atoms with Crippen molar-refractivity contribution in [3.63, 3.8) is 0 Å². The van der Waals surface area contributed by atoms with Crippen LogP contribution >= 0.6 is 0 Å². The molecule has 0 aromatic heterocycles. The Morgan fingerprint density at radius 1 is 1.05 bits per heavy atom. The lowest BCUT2D eigenvalue weighted by atomic mass is 9.93. The molecule has 0 radical (unpaired) electrons. The molecule has 0 aliphatic carbocycles. The largest absolute Gasteiger partial charge is 0.416 e. The van der Waals surface area contributed by atoms with Gasteiger partial charge in [-0.3, -0.25) is 0 Å². The molecule has 0 amide bonds. The minimum absolute atomic E-state index is 0.0550. The number of anilines is 1. The van der Waals surface area contributed by atoms with Crippen molar-refractivity contribution >= 4 is 5.69 Å². The monoisotopic (exact) mass is 307 g/mol. The van der Waals surface area contributed by atoms with Crippen LogP contribution in [0.1, 0.15) is 22.6 Å². The van der Waals surface area contributed by atoms with Gasteiger partial charge in [-0.25, -0.2) is 0 Å². The summed E-state index contributed by atoms with van der Waals surface area (Å²) in [7, 11) is 0. The van der Waals surface area contributed by atoms with E-state index >= 15 is 0 Å². The zero-order valence-electron chi connectivity index (χ0n) is 11.8. The first-order valence-corrected chi connectivity index (χ1v) is 7.10. The summed E-state index contributed by atoms with van der Waals surface area (Å²) < 4.78 is 37.8. The Kier molecular flexibility index (Phi) is 3.83. The average molecular weight is 307 g/mol. The van der Waals surface area contributed by atoms with Crippen molar-refractivity contribution in [3.8, 4) is 0 Å². The van der Waals surface area contributed by atoms with Crippen LogP contribution in [0.2, 0.25) is 0 Å². The Labute approximate surface area is 126 Å². The maximum atomic E-state index is 12.6. The molecule has 0 saturated heterocycles. The standard InChI is InChI=1S/C17H16F3NO/c18-17(19,20)14-7-5-12(6-8-14)9-13-10-21(11-22)16-4-2-1-3-15(13)16/h1-8,13,22H,9-11H2. The van der Waals surface area contributed by atoms with E-state index in [1.165, 1.54) is 12.1 Å². The predicted molar refractivity (Wildman–Crippen MR) is 78.8 cm³/mol. The summed E-state index contributed by atoms with van der Waals surface area (Å²) in [6.07, 6.45) is -3.64. The molecular weight excluding hydrogens is 291 g/mol. The quantitative estimate of drug-likeness (QED) is 0.932. The van der Waals surface area contributed by atoms with Gasteiger partial charge >= 0.3 is 6.18 Å². The fourth-order valence-electron chi connectivity index (χ4n) is 3.01. The summed E-state index contributed by atoms with van der Waals surface area (Å²) in [6, 6.07) is 13.2. The van der Waals surface area contributed by atoms with Gasteiger partial charge in [-0.15, -0.1) is 0 Å². The van der Waals surface area contributed by atoms with Gasteiger partial charge in [0.05, 0.1) is 5.56 Å². The summed E-state index contributed by atoms with van der Waals surface area (Å²) in [5.41, 5.74) is 2.38. The summed E-state index contributed by atoms with van der Waals surface area (Å²) >= 11 is 0. The van der Waals surface area contributed by atoms with Crippen LogP contribution in [0.15, 0.2) is 48.5 Å². The first-order valence-electron chi connectivity index (χ1n) is 7.10. The van der Waals surface area contributed by atoms with Gasteiger partial charge in [-0.1, -0.05) is 30.3 Å². The molecule has 116 valence electrons. The van der Waals surface area contributed by atoms with Crippen LogP contribution < -0.4 is 4.90 Å². The van der Waals surface area contributed by atoms with Crippen molar-refractivity contribution in [2.24, 2.45) is 0 Å². The van der Waals surface area contributed by atoms with Crippen LogP contribution in [0.3, 0.4) is 0 Å². The molecule has 0 bridgehead atoms. The van der Waals surface area contributed by atoms with Gasteiger partial charge in [0.15, 0.2) is 0 Å². The Bertz CT molecular complexity index is 652. The lowest BCUT2D eigenvalue weighted by molar-refractivity contribution is -0.137. The highest BCUT2D eigenvalue weighted by molar-refractivity contribution is 5.60. The van der Waals surface area contributed by atoms with Gasteiger partial charge < -0.3 is 10.0 Å². The zero-order valence-corrected chi connectivity index (χ0v) is 11.8. The average Bonchev–Trinajstić information content (AvgIpc) is 2.85. The summed E-state index contributed by atoms with van der Waals surface area (Å²) in [5, 5.41) is 9.42. The summed E-state index contributed by atoms with van der Waals surface area (Å²) in [4.78, 5) is 1.88. The number of nitrogens with zero attached hydrogens (tertiary/aromatic N) is 1. The summed E-state index contributed by atoms with van der Waals surface area (Å²) in [6.45, 7) is 0.622. The third-order valence-corrected chi connectivity index (χ3v) is 4.09. The van der Waals surface area contributed by atoms with E-state index in [0.29, 0.717) is 13.0 Å². The van der Waals surface area contributed by atoms with Crippen molar-refractivity contribution in [3.05, 3.63) is 65.2 Å². The van der Waals surface area contributed by atoms with Crippen molar-refractivity contribution in [2.75, 3.05) is 18.2 Å². The first-order chi connectivity index (χ1) is 10.5. The molecule has 5 heteroatoms. The number of halogens is 3. The lowest BCUT2D eigenvalue weighted by Crippen LogP contribution is -2.23. The second kappa shape index (κ2) is 5.65. The molecule has 2 aromatic rings. The number of rotatable bonds is 3. The Morgan fingerprint density at radius 2 is 1.73 bits per heavy atom. The molecule has 1 unspecified atom stereocenters. The highest BCUT2D eigenvalue weighted by atomic mass is 19.4. The van der Waals surface area contributed by atoms with Crippen molar-refractivity contribution in [2.45, 2.75) is 18.5 Å². The second-order valence-electron chi connectivity index (χ2n) is 5.52. The van der Waals surface area contributed by atoms with Crippen LogP contribution in [0, 0.1) is 0 Å². The Hall–Kier alpha value is -2.01. The molecule has 3 rings (SSSR count). The van der Waals surface area contributed by atoms with E-state index in [1.54, 1.807) is 0 Å². The zero-order chi connectivity index (χ0) is 15.7. The molecular formula is C17H16F3NO. The maximum Gasteiger partial charge on any atom is 0.416 e. The molecule has 1 atom stereocenters. The molecule has 0 saturated carbocycles. The van der Waals surface area contributed by atoms with Gasteiger partial charge in [0, 0.05) is 18.2 Å². The fraction of sp³-hybridized carbons (Fsp3) is 0.294. The minimum Gasteiger partial charge on any atom is -0.376 e. The van der Waals surface area contributed by atoms with E-state index in [1.807, 2.05) is 29.2 Å². The van der Waals surface area contributed by atoms with Gasteiger partial charge in [-0.05, 0) is 35.7 Å². The van der Waals surface area contributed by atoms with Crippen LogP contribution in [-0.4, -0.2) is 18.4 Å². The molecule has 1 aliphatic heterocycles. The molecule has 1 heterocycles. The van der Waals surface area contributed by atoms with Gasteiger partial charge in [0.25, 0.3) is 0 Å². The van der Waals surface area contributed by atoms with E-state index in [4.69, 9.17) is 0 Å². The van der Waals surface area contributed by atoms with Crippen molar-refractivity contribution in [1.29, 1.82) is 0 Å². The lowest BCUT2D eigenvalue weighted by Gasteiger charge is -2.16. The van der Waals surface area contributed by atoms with Crippen LogP contribution in [-0.2, 0) is 12.6 Å². The van der Waals surface area contributed by atoms with E-state index in [9.17, 15) is 18.3 Å². The number of hydrogen-bond acceptors (Lipinski definition) is 2. The number of aliphatic hydroxyl groups excluding tert-OH is 1. The topological polar surface area (TPSA) is 23.5 Å². The third-order valence-electron chi connectivity index (χ3n) is 4.09.